The average Bonchev–Trinajstić information content (AvgIpc) is 2.48. The third-order valence-electron chi connectivity index (χ3n) is 3.83. The topological polar surface area (TPSA) is 41.9 Å². The summed E-state index contributed by atoms with van der Waals surface area (Å²) in [6.45, 7) is 2.04. The molecule has 0 radical (unpaired) electrons. The molecule has 0 spiro atoms. The van der Waals surface area contributed by atoms with E-state index in [0.29, 0.717) is 0 Å². The van der Waals surface area contributed by atoms with Gasteiger partial charge in [0.15, 0.2) is 0 Å². The van der Waals surface area contributed by atoms with E-state index in [-0.39, 0.29) is 0 Å². The average molecular weight is 303 g/mol. The van der Waals surface area contributed by atoms with E-state index in [9.17, 15) is 0 Å². The summed E-state index contributed by atoms with van der Waals surface area (Å²) in [7, 11) is 0. The Hall–Kier alpha value is -1.68. The normalized spacial score (nSPS) is 16.3. The lowest BCUT2D eigenvalue weighted by Crippen LogP contribution is -2.29. The highest BCUT2D eigenvalue weighted by Crippen LogP contribution is 2.21. The fourth-order valence-electron chi connectivity index (χ4n) is 2.64. The third kappa shape index (κ3) is 3.70. The van der Waals surface area contributed by atoms with Gasteiger partial charge in [-0.15, -0.1) is 5.10 Å². The van der Waals surface area contributed by atoms with Crippen molar-refractivity contribution >= 4 is 17.5 Å². The molecule has 1 saturated heterocycles. The van der Waals surface area contributed by atoms with Gasteiger partial charge < -0.3 is 4.90 Å². The minimum absolute atomic E-state index is 0.727. The molecule has 0 bridgehead atoms. The van der Waals surface area contributed by atoms with Crippen LogP contribution in [0.1, 0.15) is 32.1 Å². The molecule has 0 N–H and O–H groups in total. The molecule has 1 aliphatic rings. The molecule has 0 saturated carbocycles. The van der Waals surface area contributed by atoms with Gasteiger partial charge in [-0.1, -0.05) is 43.0 Å². The van der Waals surface area contributed by atoms with E-state index in [1.165, 1.54) is 32.1 Å². The zero-order valence-electron chi connectivity index (χ0n) is 12.0. The first-order valence-electron chi connectivity index (χ1n) is 7.53. The van der Waals surface area contributed by atoms with Gasteiger partial charge in [0.05, 0.1) is 11.9 Å². The lowest BCUT2D eigenvalue weighted by atomic mass is 10.1. The summed E-state index contributed by atoms with van der Waals surface area (Å²) in [6, 6.07) is 7.66. The second kappa shape index (κ2) is 6.85. The maximum atomic E-state index is 5.93. The Morgan fingerprint density at radius 2 is 1.57 bits per heavy atom. The van der Waals surface area contributed by atoms with Crippen LogP contribution in [-0.2, 0) is 0 Å². The number of benzene rings is 1. The maximum absolute atomic E-state index is 5.93. The molecule has 4 nitrogen and oxygen atoms in total. The molecular formula is C16H19ClN4. The van der Waals surface area contributed by atoms with Gasteiger partial charge in [-0.3, -0.25) is 0 Å². The first-order valence-corrected chi connectivity index (χ1v) is 7.91. The Kier molecular flexibility index (Phi) is 4.65. The van der Waals surface area contributed by atoms with Gasteiger partial charge in [-0.05, 0) is 25.0 Å². The molecular weight excluding hydrogens is 284 g/mol. The molecule has 0 atom stereocenters. The van der Waals surface area contributed by atoms with E-state index in [4.69, 9.17) is 11.6 Å². The zero-order valence-corrected chi connectivity index (χ0v) is 12.8. The highest BCUT2D eigenvalue weighted by molar-refractivity contribution is 6.30. The van der Waals surface area contributed by atoms with Crippen molar-refractivity contribution in [1.29, 1.82) is 0 Å². The van der Waals surface area contributed by atoms with Gasteiger partial charge >= 0.3 is 0 Å². The minimum Gasteiger partial charge on any atom is -0.340 e. The first-order chi connectivity index (χ1) is 10.3. The standard InChI is InChI=1S/C16H19ClN4/c17-14-8-6-13(7-9-14)15-12-18-20-16(19-15)21-10-4-2-1-3-5-11-21/h6-9,12H,1-5,10-11H2. The number of aromatic nitrogens is 3. The Morgan fingerprint density at radius 1 is 0.905 bits per heavy atom. The molecule has 5 heteroatoms. The summed E-state index contributed by atoms with van der Waals surface area (Å²) in [5.41, 5.74) is 1.86. The van der Waals surface area contributed by atoms with E-state index in [0.717, 1.165) is 35.3 Å². The van der Waals surface area contributed by atoms with Crippen LogP contribution in [-0.4, -0.2) is 28.3 Å². The van der Waals surface area contributed by atoms with Crippen LogP contribution in [0.15, 0.2) is 30.5 Å². The van der Waals surface area contributed by atoms with Gasteiger partial charge in [-0.25, -0.2) is 4.98 Å². The molecule has 1 fully saturated rings. The van der Waals surface area contributed by atoms with Crippen LogP contribution in [0.3, 0.4) is 0 Å². The lowest BCUT2D eigenvalue weighted by Gasteiger charge is -2.24. The predicted octanol–water partition coefficient (Wildman–Crippen LogP) is 3.96. The molecule has 2 aromatic rings. The zero-order chi connectivity index (χ0) is 14.5. The predicted molar refractivity (Wildman–Crippen MR) is 85.6 cm³/mol. The second-order valence-corrected chi connectivity index (χ2v) is 5.84. The number of rotatable bonds is 2. The van der Waals surface area contributed by atoms with Crippen molar-refractivity contribution in [2.24, 2.45) is 0 Å². The number of hydrogen-bond acceptors (Lipinski definition) is 4. The molecule has 1 aromatic carbocycles. The van der Waals surface area contributed by atoms with Crippen molar-refractivity contribution < 1.29 is 0 Å². The molecule has 3 rings (SSSR count). The quantitative estimate of drug-likeness (QED) is 0.842. The Morgan fingerprint density at radius 3 is 2.29 bits per heavy atom. The van der Waals surface area contributed by atoms with E-state index in [1.54, 1.807) is 6.20 Å². The highest BCUT2D eigenvalue weighted by Gasteiger charge is 2.13. The van der Waals surface area contributed by atoms with Crippen molar-refractivity contribution in [3.05, 3.63) is 35.5 Å². The molecule has 0 unspecified atom stereocenters. The number of hydrogen-bond donors (Lipinski definition) is 0. The van der Waals surface area contributed by atoms with Crippen LogP contribution in [0.5, 0.6) is 0 Å². The Bertz CT molecular complexity index is 577. The Labute approximate surface area is 130 Å². The van der Waals surface area contributed by atoms with Gasteiger partial charge in [0.2, 0.25) is 5.95 Å². The second-order valence-electron chi connectivity index (χ2n) is 5.40. The van der Waals surface area contributed by atoms with Crippen molar-refractivity contribution in [2.45, 2.75) is 32.1 Å². The fourth-order valence-corrected chi connectivity index (χ4v) is 2.76. The van der Waals surface area contributed by atoms with Crippen LogP contribution in [0.25, 0.3) is 11.3 Å². The van der Waals surface area contributed by atoms with Crippen LogP contribution in [0.2, 0.25) is 5.02 Å². The summed E-state index contributed by atoms with van der Waals surface area (Å²) in [5.74, 6) is 0.740. The molecule has 2 heterocycles. The summed E-state index contributed by atoms with van der Waals surface area (Å²) >= 11 is 5.93. The Balaban J connectivity index is 1.83. The highest BCUT2D eigenvalue weighted by atomic mass is 35.5. The van der Waals surface area contributed by atoms with E-state index in [2.05, 4.69) is 20.1 Å². The third-order valence-corrected chi connectivity index (χ3v) is 4.08. The minimum atomic E-state index is 0.727. The van der Waals surface area contributed by atoms with Gasteiger partial charge in [0.1, 0.15) is 0 Å². The van der Waals surface area contributed by atoms with Crippen molar-refractivity contribution in [1.82, 2.24) is 15.2 Å². The monoisotopic (exact) mass is 302 g/mol. The first kappa shape index (κ1) is 14.3. The van der Waals surface area contributed by atoms with Crippen LogP contribution >= 0.6 is 11.6 Å². The van der Waals surface area contributed by atoms with Gasteiger partial charge in [-0.2, -0.15) is 5.10 Å². The smallest absolute Gasteiger partial charge is 0.245 e. The summed E-state index contributed by atoms with van der Waals surface area (Å²) < 4.78 is 0. The SMILES string of the molecule is Clc1ccc(-c2cnnc(N3CCCCCCC3)n2)cc1. The van der Waals surface area contributed by atoms with Crippen LogP contribution in [0, 0.1) is 0 Å². The van der Waals surface area contributed by atoms with Crippen LogP contribution in [0.4, 0.5) is 5.95 Å². The molecule has 1 aliphatic heterocycles. The molecule has 110 valence electrons. The van der Waals surface area contributed by atoms with Crippen molar-refractivity contribution in [3.8, 4) is 11.3 Å². The van der Waals surface area contributed by atoms with Gasteiger partial charge in [0, 0.05) is 23.7 Å². The van der Waals surface area contributed by atoms with Crippen molar-refractivity contribution in [3.63, 3.8) is 0 Å². The molecule has 21 heavy (non-hydrogen) atoms. The van der Waals surface area contributed by atoms with E-state index < -0.39 is 0 Å². The number of anilines is 1. The molecule has 1 aromatic heterocycles. The fraction of sp³-hybridized carbons (Fsp3) is 0.438. The molecule has 0 aliphatic carbocycles. The maximum Gasteiger partial charge on any atom is 0.245 e. The van der Waals surface area contributed by atoms with Gasteiger partial charge in [0.25, 0.3) is 0 Å². The van der Waals surface area contributed by atoms with E-state index >= 15 is 0 Å². The summed E-state index contributed by atoms with van der Waals surface area (Å²) in [5, 5.41) is 9.07. The van der Waals surface area contributed by atoms with E-state index in [1.807, 2.05) is 24.3 Å². The number of halogens is 1. The molecule has 0 amide bonds. The number of nitrogens with zero attached hydrogens (tertiary/aromatic N) is 4. The largest absolute Gasteiger partial charge is 0.340 e. The van der Waals surface area contributed by atoms with Crippen molar-refractivity contribution in [2.75, 3.05) is 18.0 Å². The lowest BCUT2D eigenvalue weighted by molar-refractivity contribution is 0.549. The van der Waals surface area contributed by atoms with Crippen LogP contribution < -0.4 is 4.90 Å². The summed E-state index contributed by atoms with van der Waals surface area (Å²) in [6.07, 6.45) is 8.04. The summed E-state index contributed by atoms with van der Waals surface area (Å²) in [4.78, 5) is 6.93.